The second kappa shape index (κ2) is 10.5. The molecule has 3 atom stereocenters. The fourth-order valence-corrected chi connectivity index (χ4v) is 5.00. The number of piperazine rings is 1. The minimum Gasteiger partial charge on any atom is -0.353 e. The van der Waals surface area contributed by atoms with Crippen molar-refractivity contribution in [2.45, 2.75) is 37.5 Å². The molecule has 2 fully saturated rings. The Labute approximate surface area is 204 Å². The molecule has 188 valence electrons. The van der Waals surface area contributed by atoms with Crippen LogP contribution in [-0.2, 0) is 21.7 Å². The first kappa shape index (κ1) is 25.4. The summed E-state index contributed by atoms with van der Waals surface area (Å²) < 4.78 is 33.3. The second-order valence-electron chi connectivity index (χ2n) is 9.57. The summed E-state index contributed by atoms with van der Waals surface area (Å²) in [6, 6.07) is 4.62. The summed E-state index contributed by atoms with van der Waals surface area (Å²) in [5.41, 5.74) is 8.00. The normalized spacial score (nSPS) is 26.2. The third-order valence-electron chi connectivity index (χ3n) is 7.05. The van der Waals surface area contributed by atoms with Gasteiger partial charge in [0.05, 0.1) is 6.61 Å². The Morgan fingerprint density at radius 1 is 1.29 bits per heavy atom. The SMILES string of the molecule is C=CNc1cc2c(cn1)C(C=O)CC2.Cc1cc(C2(N)CN3CCN(C)CC3CO2)c(F)cc1F. The van der Waals surface area contributed by atoms with E-state index in [1.807, 2.05) is 6.07 Å². The maximum Gasteiger partial charge on any atom is 0.158 e. The first-order chi connectivity index (χ1) is 16.7. The van der Waals surface area contributed by atoms with Crippen molar-refractivity contribution >= 4 is 12.1 Å². The van der Waals surface area contributed by atoms with E-state index in [-0.39, 0.29) is 17.5 Å². The summed E-state index contributed by atoms with van der Waals surface area (Å²) in [6.45, 7) is 8.81. The number of benzene rings is 1. The molecule has 0 amide bonds. The largest absolute Gasteiger partial charge is 0.353 e. The zero-order valence-corrected chi connectivity index (χ0v) is 20.3. The van der Waals surface area contributed by atoms with E-state index in [1.165, 1.54) is 11.6 Å². The van der Waals surface area contributed by atoms with Crippen LogP contribution in [0.25, 0.3) is 0 Å². The number of likely N-dealkylation sites (N-methyl/N-ethyl adjacent to an activating group) is 1. The molecule has 3 aliphatic rings. The number of fused-ring (bicyclic) bond motifs is 2. The standard InChI is InChI=1S/C15H21F2N3O.C11H12N2O/c1-10-5-12(14(17)6-13(10)16)15(18)9-20-4-3-19(2)7-11(20)8-21-15;1-2-12-11-5-8-3-4-9(7-14)10(8)6-13-11/h5-6,11H,3-4,7-9,18H2,1-2H3;2,5-7,9H,1,3-4H2,(H,12,13). The number of ether oxygens (including phenoxy) is 1. The number of morpholine rings is 1. The van der Waals surface area contributed by atoms with Gasteiger partial charge in [0.15, 0.2) is 5.72 Å². The molecule has 0 saturated carbocycles. The Morgan fingerprint density at radius 3 is 2.83 bits per heavy atom. The number of aryl methyl sites for hydroxylation is 2. The van der Waals surface area contributed by atoms with Crippen LogP contribution in [0.2, 0.25) is 0 Å². The average molecular weight is 486 g/mol. The van der Waals surface area contributed by atoms with Gasteiger partial charge in [-0.1, -0.05) is 6.58 Å². The van der Waals surface area contributed by atoms with Gasteiger partial charge in [0.1, 0.15) is 23.7 Å². The Balaban J connectivity index is 0.000000179. The van der Waals surface area contributed by atoms with Gasteiger partial charge in [0.2, 0.25) is 0 Å². The van der Waals surface area contributed by atoms with Gasteiger partial charge in [-0.3, -0.25) is 10.6 Å². The van der Waals surface area contributed by atoms with Gasteiger partial charge in [-0.15, -0.1) is 0 Å². The molecule has 0 radical (unpaired) electrons. The van der Waals surface area contributed by atoms with E-state index in [0.29, 0.717) is 18.7 Å². The Bertz CT molecular complexity index is 1100. The predicted molar refractivity (Wildman–Crippen MR) is 131 cm³/mol. The number of hydrogen-bond acceptors (Lipinski definition) is 7. The summed E-state index contributed by atoms with van der Waals surface area (Å²) in [5, 5.41) is 2.93. The number of aldehydes is 1. The van der Waals surface area contributed by atoms with Crippen molar-refractivity contribution in [2.75, 3.05) is 45.2 Å². The van der Waals surface area contributed by atoms with E-state index in [9.17, 15) is 13.6 Å². The third kappa shape index (κ3) is 5.43. The van der Waals surface area contributed by atoms with Gasteiger partial charge in [-0.2, -0.15) is 0 Å². The van der Waals surface area contributed by atoms with Gasteiger partial charge in [-0.25, -0.2) is 13.8 Å². The highest BCUT2D eigenvalue weighted by Gasteiger charge is 2.42. The van der Waals surface area contributed by atoms with E-state index >= 15 is 0 Å². The molecule has 3 unspecified atom stereocenters. The Kier molecular flexibility index (Phi) is 7.61. The van der Waals surface area contributed by atoms with Crippen LogP contribution in [0.1, 0.15) is 34.6 Å². The molecule has 0 spiro atoms. The Hall–Kier alpha value is -2.72. The summed E-state index contributed by atoms with van der Waals surface area (Å²) >= 11 is 0. The van der Waals surface area contributed by atoms with Gasteiger partial charge < -0.3 is 19.7 Å². The van der Waals surface area contributed by atoms with Crippen LogP contribution < -0.4 is 11.1 Å². The lowest BCUT2D eigenvalue weighted by Crippen LogP contribution is -2.64. The molecule has 1 aliphatic carbocycles. The molecule has 1 aromatic heterocycles. The first-order valence-corrected chi connectivity index (χ1v) is 11.9. The molecule has 2 aromatic rings. The van der Waals surface area contributed by atoms with Crippen LogP contribution in [0.5, 0.6) is 0 Å². The number of nitrogens with one attached hydrogen (secondary N) is 1. The summed E-state index contributed by atoms with van der Waals surface area (Å²) in [6.07, 6.45) is 6.27. The number of halogens is 2. The zero-order valence-electron chi connectivity index (χ0n) is 20.3. The quantitative estimate of drug-likeness (QED) is 0.645. The smallest absolute Gasteiger partial charge is 0.158 e. The summed E-state index contributed by atoms with van der Waals surface area (Å²) in [4.78, 5) is 19.4. The molecule has 7 nitrogen and oxygen atoms in total. The molecule has 3 heterocycles. The average Bonchev–Trinajstić information content (AvgIpc) is 3.24. The molecule has 0 bridgehead atoms. The van der Waals surface area contributed by atoms with Crippen LogP contribution in [0.3, 0.4) is 0 Å². The van der Waals surface area contributed by atoms with Crippen molar-refractivity contribution in [1.29, 1.82) is 0 Å². The van der Waals surface area contributed by atoms with E-state index in [4.69, 9.17) is 10.5 Å². The van der Waals surface area contributed by atoms with E-state index in [1.54, 1.807) is 19.3 Å². The number of carbonyl (C=O) groups is 1. The van der Waals surface area contributed by atoms with E-state index in [0.717, 1.165) is 56.2 Å². The third-order valence-corrected chi connectivity index (χ3v) is 7.05. The van der Waals surface area contributed by atoms with Crippen molar-refractivity contribution in [3.63, 3.8) is 0 Å². The van der Waals surface area contributed by atoms with Crippen molar-refractivity contribution in [3.05, 3.63) is 71.1 Å². The van der Waals surface area contributed by atoms with Gasteiger partial charge in [-0.05, 0) is 61.8 Å². The highest BCUT2D eigenvalue weighted by atomic mass is 19.1. The molecule has 2 aliphatic heterocycles. The monoisotopic (exact) mass is 485 g/mol. The number of carbonyl (C=O) groups excluding carboxylic acids is 1. The molecular weight excluding hydrogens is 452 g/mol. The van der Waals surface area contributed by atoms with Crippen LogP contribution in [-0.4, -0.2) is 66.9 Å². The van der Waals surface area contributed by atoms with Crippen LogP contribution >= 0.6 is 0 Å². The van der Waals surface area contributed by atoms with Gasteiger partial charge in [0.25, 0.3) is 0 Å². The Morgan fingerprint density at radius 2 is 2.09 bits per heavy atom. The number of pyridine rings is 1. The van der Waals surface area contributed by atoms with Crippen LogP contribution in [0.4, 0.5) is 14.6 Å². The molecule has 3 N–H and O–H groups in total. The van der Waals surface area contributed by atoms with Crippen LogP contribution in [0, 0.1) is 18.6 Å². The molecule has 1 aromatic carbocycles. The fourth-order valence-electron chi connectivity index (χ4n) is 5.00. The number of hydrogen-bond donors (Lipinski definition) is 2. The van der Waals surface area contributed by atoms with Crippen LogP contribution in [0.15, 0.2) is 37.2 Å². The number of rotatable bonds is 4. The van der Waals surface area contributed by atoms with Gasteiger partial charge in [0, 0.05) is 56.0 Å². The maximum atomic E-state index is 14.1. The molecular formula is C26H33F2N5O2. The number of nitrogens with zero attached hydrogens (tertiary/aromatic N) is 3. The fraction of sp³-hybridized carbons (Fsp3) is 0.462. The highest BCUT2D eigenvalue weighted by Crippen LogP contribution is 2.32. The second-order valence-corrected chi connectivity index (χ2v) is 9.57. The van der Waals surface area contributed by atoms with Gasteiger partial charge >= 0.3 is 0 Å². The van der Waals surface area contributed by atoms with Crippen molar-refractivity contribution in [2.24, 2.45) is 5.73 Å². The van der Waals surface area contributed by atoms with Crippen molar-refractivity contribution in [1.82, 2.24) is 14.8 Å². The van der Waals surface area contributed by atoms with Crippen molar-refractivity contribution in [3.8, 4) is 0 Å². The number of aromatic nitrogens is 1. The van der Waals surface area contributed by atoms with E-state index < -0.39 is 17.4 Å². The number of anilines is 1. The summed E-state index contributed by atoms with van der Waals surface area (Å²) in [7, 11) is 2.07. The lowest BCUT2D eigenvalue weighted by Gasteiger charge is -2.49. The van der Waals surface area contributed by atoms with E-state index in [2.05, 4.69) is 33.7 Å². The lowest BCUT2D eigenvalue weighted by atomic mass is 9.96. The number of nitrogens with two attached hydrogens (primary N) is 1. The first-order valence-electron chi connectivity index (χ1n) is 11.9. The predicted octanol–water partition coefficient (Wildman–Crippen LogP) is 2.90. The van der Waals surface area contributed by atoms with Crippen molar-refractivity contribution < 1.29 is 18.3 Å². The topological polar surface area (TPSA) is 83.7 Å². The zero-order chi connectivity index (χ0) is 25.2. The molecule has 35 heavy (non-hydrogen) atoms. The molecule has 5 rings (SSSR count). The lowest BCUT2D eigenvalue weighted by molar-refractivity contribution is -0.151. The maximum absolute atomic E-state index is 14.1. The molecule has 9 heteroatoms. The minimum atomic E-state index is -1.21. The summed E-state index contributed by atoms with van der Waals surface area (Å²) in [5.74, 6) is -0.359. The minimum absolute atomic E-state index is 0.0512. The molecule has 2 saturated heterocycles. The highest BCUT2D eigenvalue weighted by molar-refractivity contribution is 5.65.